The first-order valence-corrected chi connectivity index (χ1v) is 6.43. The van der Waals surface area contributed by atoms with E-state index in [2.05, 4.69) is 6.92 Å². The highest BCUT2D eigenvalue weighted by molar-refractivity contribution is 5.97. The molecule has 0 spiro atoms. The number of carbonyl (C=O) groups excluding carboxylic acids is 1. The minimum Gasteiger partial charge on any atom is -0.504 e. The third kappa shape index (κ3) is 2.81. The first kappa shape index (κ1) is 13.7. The molecular weight excluding hydrogens is 244 g/mol. The van der Waals surface area contributed by atoms with Gasteiger partial charge in [-0.3, -0.25) is 4.79 Å². The minimum absolute atomic E-state index is 0.000417. The second kappa shape index (κ2) is 5.48. The van der Waals surface area contributed by atoms with Gasteiger partial charge in [-0.25, -0.2) is 0 Å². The zero-order valence-electron chi connectivity index (χ0n) is 11.3. The van der Waals surface area contributed by atoms with E-state index in [-0.39, 0.29) is 23.3 Å². The molecule has 0 bridgehead atoms. The van der Waals surface area contributed by atoms with Crippen LogP contribution in [0.2, 0.25) is 0 Å². The number of carbonyl (C=O) groups is 1. The van der Waals surface area contributed by atoms with E-state index in [0.717, 1.165) is 6.42 Å². The Morgan fingerprint density at radius 3 is 2.84 bits per heavy atom. The minimum atomic E-state index is -0.196. The van der Waals surface area contributed by atoms with Crippen LogP contribution in [0.3, 0.4) is 0 Å². The van der Waals surface area contributed by atoms with E-state index in [0.29, 0.717) is 24.8 Å². The molecule has 2 atom stereocenters. The summed E-state index contributed by atoms with van der Waals surface area (Å²) in [6, 6.07) is 4.92. The summed E-state index contributed by atoms with van der Waals surface area (Å²) in [6.07, 6.45) is 0.924. The number of para-hydroxylation sites is 1. The molecule has 1 aliphatic heterocycles. The number of piperidine rings is 1. The fraction of sp³-hybridized carbons (Fsp3) is 0.500. The number of hydrogen-bond donors (Lipinski definition) is 2. The van der Waals surface area contributed by atoms with Gasteiger partial charge in [-0.15, -0.1) is 0 Å². The number of hydrogen-bond acceptors (Lipinski definition) is 4. The topological polar surface area (TPSA) is 75.8 Å². The molecule has 104 valence electrons. The van der Waals surface area contributed by atoms with Crippen LogP contribution >= 0.6 is 0 Å². The molecule has 1 aromatic carbocycles. The standard InChI is InChI=1S/C14H20N2O3/c1-9-6-10(15)8-16(7-9)14(18)11-4-3-5-12(19-2)13(11)17/h3-5,9-10,17H,6-8,15H2,1-2H3. The summed E-state index contributed by atoms with van der Waals surface area (Å²) in [5.74, 6) is 0.376. The number of methoxy groups -OCH3 is 1. The van der Waals surface area contributed by atoms with Crippen LogP contribution in [-0.4, -0.2) is 42.2 Å². The largest absolute Gasteiger partial charge is 0.504 e. The van der Waals surface area contributed by atoms with E-state index in [9.17, 15) is 9.90 Å². The van der Waals surface area contributed by atoms with Crippen molar-refractivity contribution in [2.75, 3.05) is 20.2 Å². The van der Waals surface area contributed by atoms with Gasteiger partial charge in [0.25, 0.3) is 5.91 Å². The molecule has 1 saturated heterocycles. The molecule has 5 heteroatoms. The van der Waals surface area contributed by atoms with E-state index >= 15 is 0 Å². The Morgan fingerprint density at radius 2 is 2.21 bits per heavy atom. The van der Waals surface area contributed by atoms with Crippen molar-refractivity contribution < 1.29 is 14.6 Å². The van der Waals surface area contributed by atoms with Crippen molar-refractivity contribution in [1.82, 2.24) is 4.90 Å². The summed E-state index contributed by atoms with van der Waals surface area (Å²) in [7, 11) is 1.46. The monoisotopic (exact) mass is 264 g/mol. The van der Waals surface area contributed by atoms with Gasteiger partial charge in [0, 0.05) is 19.1 Å². The maximum atomic E-state index is 12.4. The van der Waals surface area contributed by atoms with Crippen LogP contribution in [0.4, 0.5) is 0 Å². The van der Waals surface area contributed by atoms with Crippen LogP contribution < -0.4 is 10.5 Å². The number of nitrogens with two attached hydrogens (primary N) is 1. The highest BCUT2D eigenvalue weighted by atomic mass is 16.5. The van der Waals surface area contributed by atoms with E-state index in [1.807, 2.05) is 0 Å². The normalized spacial score (nSPS) is 23.2. The summed E-state index contributed by atoms with van der Waals surface area (Å²) in [6.45, 7) is 3.27. The molecule has 1 fully saturated rings. The Labute approximate surface area is 113 Å². The zero-order valence-corrected chi connectivity index (χ0v) is 11.3. The molecule has 3 N–H and O–H groups in total. The summed E-state index contributed by atoms with van der Waals surface area (Å²) in [5.41, 5.74) is 6.21. The molecular formula is C14H20N2O3. The molecule has 2 rings (SSSR count). The van der Waals surface area contributed by atoms with E-state index in [4.69, 9.17) is 10.5 Å². The summed E-state index contributed by atoms with van der Waals surface area (Å²) in [4.78, 5) is 14.1. The van der Waals surface area contributed by atoms with E-state index in [1.165, 1.54) is 7.11 Å². The fourth-order valence-corrected chi connectivity index (χ4v) is 2.60. The van der Waals surface area contributed by atoms with Crippen molar-refractivity contribution in [3.8, 4) is 11.5 Å². The van der Waals surface area contributed by atoms with E-state index < -0.39 is 0 Å². The van der Waals surface area contributed by atoms with Crippen molar-refractivity contribution in [1.29, 1.82) is 0 Å². The molecule has 0 aromatic heterocycles. The third-order valence-corrected chi connectivity index (χ3v) is 3.43. The molecule has 0 saturated carbocycles. The van der Waals surface area contributed by atoms with Crippen LogP contribution in [0.1, 0.15) is 23.7 Å². The van der Waals surface area contributed by atoms with Crippen LogP contribution in [0, 0.1) is 5.92 Å². The number of aromatic hydroxyl groups is 1. The number of benzene rings is 1. The van der Waals surface area contributed by atoms with Gasteiger partial charge < -0.3 is 20.5 Å². The second-order valence-corrected chi connectivity index (χ2v) is 5.17. The number of nitrogens with zero attached hydrogens (tertiary/aromatic N) is 1. The second-order valence-electron chi connectivity index (χ2n) is 5.17. The summed E-state index contributed by atoms with van der Waals surface area (Å²) >= 11 is 0. The van der Waals surface area contributed by atoms with Gasteiger partial charge in [0.2, 0.25) is 0 Å². The predicted molar refractivity (Wildman–Crippen MR) is 72.3 cm³/mol. The lowest BCUT2D eigenvalue weighted by molar-refractivity contribution is 0.0657. The average molecular weight is 264 g/mol. The quantitative estimate of drug-likeness (QED) is 0.842. The van der Waals surface area contributed by atoms with Gasteiger partial charge in [-0.05, 0) is 24.5 Å². The number of amides is 1. The van der Waals surface area contributed by atoms with Gasteiger partial charge in [0.05, 0.1) is 12.7 Å². The van der Waals surface area contributed by atoms with Crippen LogP contribution in [-0.2, 0) is 0 Å². The summed E-state index contributed by atoms with van der Waals surface area (Å²) in [5, 5.41) is 10.0. The Bertz CT molecular complexity index is 466. The molecule has 1 aliphatic rings. The number of likely N-dealkylation sites (tertiary alicyclic amines) is 1. The molecule has 1 amide bonds. The van der Waals surface area contributed by atoms with Crippen molar-refractivity contribution in [2.24, 2.45) is 11.7 Å². The Balaban J connectivity index is 2.24. The molecule has 19 heavy (non-hydrogen) atoms. The van der Waals surface area contributed by atoms with Gasteiger partial charge in [-0.2, -0.15) is 0 Å². The molecule has 1 heterocycles. The predicted octanol–water partition coefficient (Wildman–Crippen LogP) is 1.21. The lowest BCUT2D eigenvalue weighted by Crippen LogP contribution is -2.48. The molecule has 2 unspecified atom stereocenters. The Kier molecular flexibility index (Phi) is 3.95. The van der Waals surface area contributed by atoms with Crippen LogP contribution in [0.25, 0.3) is 0 Å². The van der Waals surface area contributed by atoms with Crippen molar-refractivity contribution in [3.63, 3.8) is 0 Å². The molecule has 5 nitrogen and oxygen atoms in total. The molecule has 0 aliphatic carbocycles. The first-order valence-electron chi connectivity index (χ1n) is 6.43. The highest BCUT2D eigenvalue weighted by Crippen LogP contribution is 2.31. The van der Waals surface area contributed by atoms with Crippen molar-refractivity contribution in [2.45, 2.75) is 19.4 Å². The summed E-state index contributed by atoms with van der Waals surface area (Å²) < 4.78 is 5.02. The number of phenolic OH excluding ortho intramolecular Hbond substituents is 1. The molecule has 1 aromatic rings. The smallest absolute Gasteiger partial charge is 0.257 e. The van der Waals surface area contributed by atoms with Crippen molar-refractivity contribution >= 4 is 5.91 Å². The maximum Gasteiger partial charge on any atom is 0.257 e. The van der Waals surface area contributed by atoms with Crippen molar-refractivity contribution in [3.05, 3.63) is 23.8 Å². The maximum absolute atomic E-state index is 12.4. The number of ether oxygens (including phenoxy) is 1. The fourth-order valence-electron chi connectivity index (χ4n) is 2.60. The SMILES string of the molecule is COc1cccc(C(=O)N2CC(C)CC(N)C2)c1O. The third-order valence-electron chi connectivity index (χ3n) is 3.43. The van der Waals surface area contributed by atoms with Gasteiger partial charge in [-0.1, -0.05) is 13.0 Å². The Hall–Kier alpha value is -1.75. The highest BCUT2D eigenvalue weighted by Gasteiger charge is 2.28. The Morgan fingerprint density at radius 1 is 1.47 bits per heavy atom. The number of phenols is 1. The first-order chi connectivity index (χ1) is 9.02. The van der Waals surface area contributed by atoms with Gasteiger partial charge >= 0.3 is 0 Å². The van der Waals surface area contributed by atoms with Crippen LogP contribution in [0.5, 0.6) is 11.5 Å². The zero-order chi connectivity index (χ0) is 14.0. The lowest BCUT2D eigenvalue weighted by Gasteiger charge is -2.35. The van der Waals surface area contributed by atoms with Gasteiger partial charge in [0.15, 0.2) is 11.5 Å². The lowest BCUT2D eigenvalue weighted by atomic mass is 9.96. The van der Waals surface area contributed by atoms with Crippen LogP contribution in [0.15, 0.2) is 18.2 Å². The van der Waals surface area contributed by atoms with E-state index in [1.54, 1.807) is 23.1 Å². The molecule has 0 radical (unpaired) electrons. The number of rotatable bonds is 2. The van der Waals surface area contributed by atoms with Gasteiger partial charge in [0.1, 0.15) is 0 Å². The average Bonchev–Trinajstić information content (AvgIpc) is 2.37.